The van der Waals surface area contributed by atoms with Crippen molar-refractivity contribution in [3.63, 3.8) is 0 Å². The maximum Gasteiger partial charge on any atom is 0.260 e. The number of halogens is 2. The number of carbonyl (C=O) groups excluding carboxylic acids is 1. The van der Waals surface area contributed by atoms with Gasteiger partial charge in [-0.1, -0.05) is 29.8 Å². The number of rotatable bonds is 7. The molecule has 25 heavy (non-hydrogen) atoms. The van der Waals surface area contributed by atoms with E-state index in [9.17, 15) is 13.2 Å². The average Bonchev–Trinajstić information content (AvgIpc) is 2.59. The van der Waals surface area contributed by atoms with Gasteiger partial charge in [-0.25, -0.2) is 13.1 Å². The Morgan fingerprint density at radius 3 is 2.64 bits per heavy atom. The van der Waals surface area contributed by atoms with E-state index in [1.807, 2.05) is 0 Å². The Hall–Kier alpha value is -1.28. The van der Waals surface area contributed by atoms with Gasteiger partial charge in [-0.05, 0) is 37.0 Å². The molecule has 1 aliphatic rings. The molecular formula is C16H20Cl2N2O4S. The van der Waals surface area contributed by atoms with Crippen molar-refractivity contribution in [3.05, 3.63) is 40.2 Å². The summed E-state index contributed by atoms with van der Waals surface area (Å²) >= 11 is 11.8. The van der Waals surface area contributed by atoms with Crippen LogP contribution in [0.5, 0.6) is 5.75 Å². The Kier molecular flexibility index (Phi) is 7.13. The molecule has 1 heterocycles. The van der Waals surface area contributed by atoms with Gasteiger partial charge < -0.3 is 9.64 Å². The molecular weight excluding hydrogens is 387 g/mol. The number of hydrogen-bond acceptors (Lipinski definition) is 4. The van der Waals surface area contributed by atoms with Gasteiger partial charge in [-0.3, -0.25) is 4.79 Å². The second kappa shape index (κ2) is 8.89. The smallest absolute Gasteiger partial charge is 0.260 e. The number of likely N-dealkylation sites (tertiary alicyclic amines) is 1. The summed E-state index contributed by atoms with van der Waals surface area (Å²) in [5.74, 6) is 0.481. The monoisotopic (exact) mass is 406 g/mol. The van der Waals surface area contributed by atoms with E-state index in [4.69, 9.17) is 27.9 Å². The number of ether oxygens (including phenoxy) is 1. The van der Waals surface area contributed by atoms with Gasteiger partial charge >= 0.3 is 0 Å². The summed E-state index contributed by atoms with van der Waals surface area (Å²) in [6.07, 6.45) is 1.46. The third-order valence-electron chi connectivity index (χ3n) is 4.00. The van der Waals surface area contributed by atoms with Crippen LogP contribution >= 0.6 is 23.2 Å². The van der Waals surface area contributed by atoms with Crippen LogP contribution in [0.25, 0.3) is 0 Å². The zero-order chi connectivity index (χ0) is 18.4. The fraction of sp³-hybridized carbons (Fsp3) is 0.438. The minimum atomic E-state index is -3.40. The summed E-state index contributed by atoms with van der Waals surface area (Å²) < 4.78 is 30.6. The van der Waals surface area contributed by atoms with E-state index in [0.29, 0.717) is 35.4 Å². The quantitative estimate of drug-likeness (QED) is 0.754. The highest BCUT2D eigenvalue weighted by molar-refractivity contribution is 7.92. The van der Waals surface area contributed by atoms with Gasteiger partial charge in [0.1, 0.15) is 5.75 Å². The Morgan fingerprint density at radius 1 is 1.36 bits per heavy atom. The second-order valence-electron chi connectivity index (χ2n) is 5.75. The predicted molar refractivity (Wildman–Crippen MR) is 98.4 cm³/mol. The molecule has 0 atom stereocenters. The first-order valence-corrected chi connectivity index (χ1v) is 10.1. The van der Waals surface area contributed by atoms with Crippen LogP contribution in [0, 0.1) is 5.92 Å². The molecule has 1 aliphatic heterocycles. The zero-order valence-corrected chi connectivity index (χ0v) is 15.9. The molecule has 1 N–H and O–H groups in total. The van der Waals surface area contributed by atoms with Crippen LogP contribution in [-0.2, 0) is 14.8 Å². The molecule has 1 fully saturated rings. The van der Waals surface area contributed by atoms with Crippen LogP contribution < -0.4 is 9.46 Å². The van der Waals surface area contributed by atoms with Crippen molar-refractivity contribution in [1.82, 2.24) is 9.62 Å². The standard InChI is InChI=1S/C16H20Cl2N2O4S/c1-2-25(22,23)19-10-12-5-7-20(8-6-12)16(21)11-24-15-4-3-13(17)9-14(15)18/h2-4,9,12,19H,1,5-8,10-11H2. The van der Waals surface area contributed by atoms with Gasteiger partial charge in [-0.15, -0.1) is 0 Å². The highest BCUT2D eigenvalue weighted by Gasteiger charge is 2.24. The van der Waals surface area contributed by atoms with Crippen molar-refractivity contribution in [2.24, 2.45) is 5.92 Å². The van der Waals surface area contributed by atoms with Crippen LogP contribution in [0.1, 0.15) is 12.8 Å². The molecule has 1 saturated heterocycles. The predicted octanol–water partition coefficient (Wildman–Crippen LogP) is 2.67. The van der Waals surface area contributed by atoms with Crippen molar-refractivity contribution in [1.29, 1.82) is 0 Å². The van der Waals surface area contributed by atoms with Gasteiger partial charge in [0.15, 0.2) is 6.61 Å². The Balaban J connectivity index is 1.76. The Labute approximate surface area is 157 Å². The molecule has 9 heteroatoms. The minimum absolute atomic E-state index is 0.102. The lowest BCUT2D eigenvalue weighted by atomic mass is 9.97. The molecule has 0 radical (unpaired) electrons. The van der Waals surface area contributed by atoms with Gasteiger partial charge in [0.25, 0.3) is 5.91 Å². The fourth-order valence-electron chi connectivity index (χ4n) is 2.50. The van der Waals surface area contributed by atoms with E-state index < -0.39 is 10.0 Å². The number of nitrogens with one attached hydrogen (secondary N) is 1. The molecule has 1 aromatic rings. The highest BCUT2D eigenvalue weighted by Crippen LogP contribution is 2.27. The Bertz CT molecular complexity index is 732. The van der Waals surface area contributed by atoms with Crippen LogP contribution in [-0.4, -0.2) is 45.5 Å². The summed E-state index contributed by atoms with van der Waals surface area (Å²) in [4.78, 5) is 13.9. The molecule has 1 amide bonds. The normalized spacial score (nSPS) is 15.8. The molecule has 0 saturated carbocycles. The molecule has 0 bridgehead atoms. The minimum Gasteiger partial charge on any atom is -0.482 e. The molecule has 6 nitrogen and oxygen atoms in total. The first kappa shape index (κ1) is 20.0. The Morgan fingerprint density at radius 2 is 2.04 bits per heavy atom. The van der Waals surface area contributed by atoms with Gasteiger partial charge in [0.05, 0.1) is 5.02 Å². The molecule has 138 valence electrons. The van der Waals surface area contributed by atoms with Gasteiger partial charge in [0, 0.05) is 30.1 Å². The van der Waals surface area contributed by atoms with Crippen molar-refractivity contribution >= 4 is 39.1 Å². The first-order chi connectivity index (χ1) is 11.8. The molecule has 1 aromatic carbocycles. The van der Waals surface area contributed by atoms with Crippen molar-refractivity contribution in [2.75, 3.05) is 26.2 Å². The number of hydrogen-bond donors (Lipinski definition) is 1. The SMILES string of the molecule is C=CS(=O)(=O)NCC1CCN(C(=O)COc2ccc(Cl)cc2Cl)CC1. The summed E-state index contributed by atoms with van der Waals surface area (Å²) in [7, 11) is -3.40. The molecule has 0 unspecified atom stereocenters. The summed E-state index contributed by atoms with van der Waals surface area (Å²) in [5.41, 5.74) is 0. The number of piperidine rings is 1. The third-order valence-corrected chi connectivity index (χ3v) is 5.54. The van der Waals surface area contributed by atoms with Crippen LogP contribution in [0.15, 0.2) is 30.2 Å². The number of benzene rings is 1. The van der Waals surface area contributed by atoms with E-state index in [1.165, 1.54) is 0 Å². The van der Waals surface area contributed by atoms with Crippen LogP contribution in [0.4, 0.5) is 0 Å². The molecule has 0 aliphatic carbocycles. The van der Waals surface area contributed by atoms with Crippen LogP contribution in [0.3, 0.4) is 0 Å². The maximum atomic E-state index is 12.2. The third kappa shape index (κ3) is 6.18. The summed E-state index contributed by atoms with van der Waals surface area (Å²) in [6, 6.07) is 4.82. The van der Waals surface area contributed by atoms with Gasteiger partial charge in [-0.2, -0.15) is 0 Å². The molecule has 0 spiro atoms. The van der Waals surface area contributed by atoms with Crippen LogP contribution in [0.2, 0.25) is 10.0 Å². The lowest BCUT2D eigenvalue weighted by molar-refractivity contribution is -0.134. The van der Waals surface area contributed by atoms with E-state index in [2.05, 4.69) is 11.3 Å². The lowest BCUT2D eigenvalue weighted by Gasteiger charge is -2.32. The van der Waals surface area contributed by atoms with Crippen molar-refractivity contribution in [2.45, 2.75) is 12.8 Å². The molecule has 2 rings (SSSR count). The summed E-state index contributed by atoms with van der Waals surface area (Å²) in [5, 5.41) is 1.75. The number of carbonyl (C=O) groups is 1. The summed E-state index contributed by atoms with van der Waals surface area (Å²) in [6.45, 7) is 4.64. The van der Waals surface area contributed by atoms with Crippen molar-refractivity contribution in [3.8, 4) is 5.75 Å². The van der Waals surface area contributed by atoms with E-state index >= 15 is 0 Å². The fourth-order valence-corrected chi connectivity index (χ4v) is 3.55. The maximum absolute atomic E-state index is 12.2. The number of nitrogens with zero attached hydrogens (tertiary/aromatic N) is 1. The van der Waals surface area contributed by atoms with Gasteiger partial charge in [0.2, 0.25) is 10.0 Å². The average molecular weight is 407 g/mol. The number of sulfonamides is 1. The van der Waals surface area contributed by atoms with Crippen molar-refractivity contribution < 1.29 is 17.9 Å². The van der Waals surface area contributed by atoms with E-state index in [0.717, 1.165) is 18.2 Å². The topological polar surface area (TPSA) is 75.7 Å². The van der Waals surface area contributed by atoms with E-state index in [-0.39, 0.29) is 18.4 Å². The largest absolute Gasteiger partial charge is 0.482 e. The first-order valence-electron chi connectivity index (χ1n) is 7.78. The highest BCUT2D eigenvalue weighted by atomic mass is 35.5. The number of amides is 1. The van der Waals surface area contributed by atoms with E-state index in [1.54, 1.807) is 23.1 Å². The zero-order valence-electron chi connectivity index (χ0n) is 13.6. The molecule has 0 aromatic heterocycles. The second-order valence-corrected chi connectivity index (χ2v) is 8.30. The lowest BCUT2D eigenvalue weighted by Crippen LogP contribution is -2.43.